The van der Waals surface area contributed by atoms with Gasteiger partial charge in [0.15, 0.2) is 0 Å². The van der Waals surface area contributed by atoms with Gasteiger partial charge in [0.25, 0.3) is 0 Å². The SMILES string of the molecule is CC1C(=O)NC(c2ccn(C)n2)C1[N+](=O)[O-]. The van der Waals surface area contributed by atoms with Crippen LogP contribution >= 0.6 is 0 Å². The first-order valence-electron chi connectivity index (χ1n) is 4.94. The van der Waals surface area contributed by atoms with Gasteiger partial charge in [-0.25, -0.2) is 0 Å². The Morgan fingerprint density at radius 3 is 2.81 bits per heavy atom. The summed E-state index contributed by atoms with van der Waals surface area (Å²) in [7, 11) is 1.73. The van der Waals surface area contributed by atoms with Gasteiger partial charge in [-0.3, -0.25) is 19.6 Å². The molecular weight excluding hydrogens is 212 g/mol. The summed E-state index contributed by atoms with van der Waals surface area (Å²) in [5.41, 5.74) is 0.530. The zero-order valence-electron chi connectivity index (χ0n) is 8.95. The van der Waals surface area contributed by atoms with Gasteiger partial charge < -0.3 is 5.32 Å². The van der Waals surface area contributed by atoms with Crippen molar-refractivity contribution >= 4 is 5.91 Å². The molecule has 1 aromatic rings. The molecule has 7 nitrogen and oxygen atoms in total. The highest BCUT2D eigenvalue weighted by atomic mass is 16.6. The Bertz CT molecular complexity index is 442. The van der Waals surface area contributed by atoms with Gasteiger partial charge in [0.2, 0.25) is 11.9 Å². The van der Waals surface area contributed by atoms with Gasteiger partial charge in [-0.1, -0.05) is 0 Å². The van der Waals surface area contributed by atoms with Crippen LogP contribution < -0.4 is 5.32 Å². The van der Waals surface area contributed by atoms with Gasteiger partial charge in [0, 0.05) is 18.2 Å². The Morgan fingerprint density at radius 1 is 1.62 bits per heavy atom. The number of rotatable bonds is 2. The molecule has 3 unspecified atom stereocenters. The van der Waals surface area contributed by atoms with E-state index in [1.165, 1.54) is 0 Å². The molecule has 0 aliphatic carbocycles. The molecule has 2 rings (SSSR count). The van der Waals surface area contributed by atoms with Crippen molar-refractivity contribution in [3.05, 3.63) is 28.1 Å². The van der Waals surface area contributed by atoms with Crippen LogP contribution in [-0.2, 0) is 11.8 Å². The fourth-order valence-corrected chi connectivity index (χ4v) is 1.97. The van der Waals surface area contributed by atoms with E-state index >= 15 is 0 Å². The molecule has 1 amide bonds. The molecule has 2 heterocycles. The van der Waals surface area contributed by atoms with Crippen LogP contribution in [0.4, 0.5) is 0 Å². The van der Waals surface area contributed by atoms with Crippen LogP contribution in [-0.4, -0.2) is 26.7 Å². The summed E-state index contributed by atoms with van der Waals surface area (Å²) in [5, 5.41) is 17.6. The van der Waals surface area contributed by atoms with Crippen molar-refractivity contribution in [2.75, 3.05) is 0 Å². The number of aromatic nitrogens is 2. The van der Waals surface area contributed by atoms with Gasteiger partial charge in [-0.2, -0.15) is 5.10 Å². The summed E-state index contributed by atoms with van der Waals surface area (Å²) < 4.78 is 1.56. The maximum Gasteiger partial charge on any atom is 0.249 e. The quantitative estimate of drug-likeness (QED) is 0.559. The third-order valence-corrected chi connectivity index (χ3v) is 2.86. The molecule has 0 aromatic carbocycles. The number of hydrogen-bond donors (Lipinski definition) is 1. The molecule has 1 aliphatic rings. The second-order valence-electron chi connectivity index (χ2n) is 3.97. The summed E-state index contributed by atoms with van der Waals surface area (Å²) in [4.78, 5) is 21.9. The zero-order chi connectivity index (χ0) is 11.9. The van der Waals surface area contributed by atoms with Crippen molar-refractivity contribution in [2.24, 2.45) is 13.0 Å². The molecule has 1 aliphatic heterocycles. The van der Waals surface area contributed by atoms with Gasteiger partial charge >= 0.3 is 0 Å². The van der Waals surface area contributed by atoms with E-state index in [2.05, 4.69) is 10.4 Å². The van der Waals surface area contributed by atoms with E-state index in [-0.39, 0.29) is 5.91 Å². The maximum absolute atomic E-state index is 11.4. The summed E-state index contributed by atoms with van der Waals surface area (Å²) in [6.07, 6.45) is 1.70. The minimum Gasteiger partial charge on any atom is -0.341 e. The number of nitrogens with zero attached hydrogens (tertiary/aromatic N) is 3. The molecule has 7 heteroatoms. The van der Waals surface area contributed by atoms with Gasteiger partial charge in [-0.15, -0.1) is 0 Å². The fourth-order valence-electron chi connectivity index (χ4n) is 1.97. The average molecular weight is 224 g/mol. The molecule has 0 bridgehead atoms. The molecule has 1 aromatic heterocycles. The second-order valence-corrected chi connectivity index (χ2v) is 3.97. The second kappa shape index (κ2) is 3.58. The highest BCUT2D eigenvalue weighted by molar-refractivity contribution is 5.82. The first kappa shape index (κ1) is 10.6. The van der Waals surface area contributed by atoms with Crippen molar-refractivity contribution in [1.82, 2.24) is 15.1 Å². The van der Waals surface area contributed by atoms with Crippen molar-refractivity contribution in [1.29, 1.82) is 0 Å². The lowest BCUT2D eigenvalue weighted by Gasteiger charge is -2.11. The van der Waals surface area contributed by atoms with Gasteiger partial charge in [0.05, 0.1) is 5.69 Å². The lowest BCUT2D eigenvalue weighted by molar-refractivity contribution is -0.530. The van der Waals surface area contributed by atoms with Crippen LogP contribution in [0.2, 0.25) is 0 Å². The van der Waals surface area contributed by atoms with E-state index in [0.29, 0.717) is 5.69 Å². The minimum atomic E-state index is -0.942. The molecule has 3 atom stereocenters. The molecule has 16 heavy (non-hydrogen) atoms. The van der Waals surface area contributed by atoms with Crippen LogP contribution in [0.1, 0.15) is 18.7 Å². The van der Waals surface area contributed by atoms with E-state index in [9.17, 15) is 14.9 Å². The average Bonchev–Trinajstić information content (AvgIpc) is 2.73. The maximum atomic E-state index is 11.4. The van der Waals surface area contributed by atoms with Crippen molar-refractivity contribution in [2.45, 2.75) is 19.0 Å². The number of carbonyl (C=O) groups excluding carboxylic acids is 1. The third kappa shape index (κ3) is 1.54. The van der Waals surface area contributed by atoms with E-state index < -0.39 is 22.9 Å². The lowest BCUT2D eigenvalue weighted by atomic mass is 9.99. The van der Waals surface area contributed by atoms with E-state index in [0.717, 1.165) is 0 Å². The minimum absolute atomic E-state index is 0.294. The highest BCUT2D eigenvalue weighted by Crippen LogP contribution is 2.29. The number of carbonyl (C=O) groups is 1. The molecule has 0 spiro atoms. The molecular formula is C9H12N4O3. The molecule has 1 fully saturated rings. The van der Waals surface area contributed by atoms with E-state index in [4.69, 9.17) is 0 Å². The van der Waals surface area contributed by atoms with Gasteiger partial charge in [0.1, 0.15) is 12.0 Å². The Labute approximate surface area is 91.6 Å². The molecule has 1 saturated heterocycles. The van der Waals surface area contributed by atoms with Crippen LogP contribution in [0, 0.1) is 16.0 Å². The number of hydrogen-bond acceptors (Lipinski definition) is 4. The summed E-state index contributed by atoms with van der Waals surface area (Å²) in [5.74, 6) is -0.917. The number of nitrogens with one attached hydrogen (secondary N) is 1. The molecule has 0 saturated carbocycles. The highest BCUT2D eigenvalue weighted by Gasteiger charge is 2.49. The molecule has 0 radical (unpaired) electrons. The van der Waals surface area contributed by atoms with Crippen molar-refractivity contribution < 1.29 is 9.72 Å². The first-order valence-corrected chi connectivity index (χ1v) is 4.94. The van der Waals surface area contributed by atoms with Crippen LogP contribution in [0.15, 0.2) is 12.3 Å². The van der Waals surface area contributed by atoms with Crippen molar-refractivity contribution in [3.63, 3.8) is 0 Å². The summed E-state index contributed by atoms with van der Waals surface area (Å²) >= 11 is 0. The standard InChI is InChI=1S/C9H12N4O3/c1-5-8(13(15)16)7(10-9(5)14)6-3-4-12(2)11-6/h3-5,7-8H,1-2H3,(H,10,14). The monoisotopic (exact) mass is 224 g/mol. The number of aryl methyl sites for hydroxylation is 1. The Hall–Kier alpha value is -1.92. The largest absolute Gasteiger partial charge is 0.341 e. The first-order chi connectivity index (χ1) is 7.50. The van der Waals surface area contributed by atoms with Gasteiger partial charge in [-0.05, 0) is 13.0 Å². The Kier molecular flexibility index (Phi) is 2.37. The van der Waals surface area contributed by atoms with Crippen LogP contribution in [0.5, 0.6) is 0 Å². The smallest absolute Gasteiger partial charge is 0.249 e. The predicted molar refractivity (Wildman–Crippen MR) is 54.0 cm³/mol. The lowest BCUT2D eigenvalue weighted by Crippen LogP contribution is -2.30. The van der Waals surface area contributed by atoms with E-state index in [1.807, 2.05) is 0 Å². The zero-order valence-corrected chi connectivity index (χ0v) is 8.95. The predicted octanol–water partition coefficient (Wildman–Crippen LogP) is -0.128. The van der Waals surface area contributed by atoms with Crippen molar-refractivity contribution in [3.8, 4) is 0 Å². The Morgan fingerprint density at radius 2 is 2.31 bits per heavy atom. The molecule has 86 valence electrons. The normalized spacial score (nSPS) is 29.1. The number of amides is 1. The summed E-state index contributed by atoms with van der Waals surface area (Å²) in [6.45, 7) is 1.56. The fraction of sp³-hybridized carbons (Fsp3) is 0.556. The summed E-state index contributed by atoms with van der Waals surface area (Å²) in [6, 6.07) is 0.112. The topological polar surface area (TPSA) is 90.1 Å². The third-order valence-electron chi connectivity index (χ3n) is 2.86. The van der Waals surface area contributed by atoms with E-state index in [1.54, 1.807) is 30.9 Å². The number of nitro groups is 1. The Balaban J connectivity index is 2.33. The molecule has 1 N–H and O–H groups in total. The van der Waals surface area contributed by atoms with Crippen LogP contribution in [0.3, 0.4) is 0 Å². The van der Waals surface area contributed by atoms with Crippen LogP contribution in [0.25, 0.3) is 0 Å².